The number of nitrogens with zero attached hydrogens (tertiary/aromatic N) is 2. The van der Waals surface area contributed by atoms with Gasteiger partial charge in [0.15, 0.2) is 0 Å². The fourth-order valence-corrected chi connectivity index (χ4v) is 1.87. The van der Waals surface area contributed by atoms with Gasteiger partial charge in [0, 0.05) is 45.3 Å². The van der Waals surface area contributed by atoms with Gasteiger partial charge in [-0.05, 0) is 13.3 Å². The lowest BCUT2D eigenvalue weighted by molar-refractivity contribution is 0.103. The molecule has 0 aliphatic carbocycles. The minimum atomic E-state index is 0.750. The smallest absolute Gasteiger partial charge is 0.0113 e. The summed E-state index contributed by atoms with van der Waals surface area (Å²) in [6.45, 7) is 11.3. The molecular formula is C10H23N3. The monoisotopic (exact) mass is 185 g/mol. The Morgan fingerprint density at radius 1 is 1.23 bits per heavy atom. The van der Waals surface area contributed by atoms with E-state index >= 15 is 0 Å². The molecule has 1 saturated heterocycles. The molecule has 0 spiro atoms. The van der Waals surface area contributed by atoms with Gasteiger partial charge in [-0.25, -0.2) is 0 Å². The molecule has 3 heteroatoms. The summed E-state index contributed by atoms with van der Waals surface area (Å²) in [4.78, 5) is 5.03. The van der Waals surface area contributed by atoms with Crippen LogP contribution in [0.5, 0.6) is 0 Å². The van der Waals surface area contributed by atoms with E-state index in [1.165, 1.54) is 32.6 Å². The fourth-order valence-electron chi connectivity index (χ4n) is 1.87. The molecule has 78 valence electrons. The minimum absolute atomic E-state index is 0.750. The van der Waals surface area contributed by atoms with Gasteiger partial charge in [0.1, 0.15) is 0 Å². The molecule has 13 heavy (non-hydrogen) atoms. The van der Waals surface area contributed by atoms with E-state index in [0.717, 1.165) is 19.1 Å². The fraction of sp³-hybridized carbons (Fsp3) is 1.00. The highest BCUT2D eigenvalue weighted by Crippen LogP contribution is 2.07. The summed E-state index contributed by atoms with van der Waals surface area (Å²) in [5.74, 6) is 0. The molecule has 1 unspecified atom stereocenters. The summed E-state index contributed by atoms with van der Waals surface area (Å²) in [5, 5.41) is 0. The third-order valence-corrected chi connectivity index (χ3v) is 3.07. The van der Waals surface area contributed by atoms with Crippen LogP contribution in [0.4, 0.5) is 0 Å². The van der Waals surface area contributed by atoms with E-state index in [9.17, 15) is 0 Å². The normalized spacial score (nSPS) is 23.3. The van der Waals surface area contributed by atoms with Crippen molar-refractivity contribution in [3.8, 4) is 0 Å². The van der Waals surface area contributed by atoms with E-state index in [-0.39, 0.29) is 0 Å². The van der Waals surface area contributed by atoms with Crippen LogP contribution in [0, 0.1) is 0 Å². The lowest BCUT2D eigenvalue weighted by Gasteiger charge is -2.37. The molecule has 0 amide bonds. The molecule has 0 aromatic carbocycles. The summed E-state index contributed by atoms with van der Waals surface area (Å²) in [7, 11) is 0. The van der Waals surface area contributed by atoms with Crippen LogP contribution in [-0.2, 0) is 0 Å². The zero-order valence-corrected chi connectivity index (χ0v) is 9.00. The minimum Gasteiger partial charge on any atom is -0.329 e. The molecule has 1 rings (SSSR count). The van der Waals surface area contributed by atoms with Crippen LogP contribution >= 0.6 is 0 Å². The Bertz CT molecular complexity index is 130. The topological polar surface area (TPSA) is 32.5 Å². The highest BCUT2D eigenvalue weighted by atomic mass is 15.3. The highest BCUT2D eigenvalue weighted by molar-refractivity contribution is 4.75. The van der Waals surface area contributed by atoms with Gasteiger partial charge in [0.05, 0.1) is 0 Å². The number of hydrogen-bond donors (Lipinski definition) is 1. The van der Waals surface area contributed by atoms with Crippen LogP contribution < -0.4 is 5.73 Å². The maximum Gasteiger partial charge on any atom is 0.0113 e. The van der Waals surface area contributed by atoms with Crippen LogP contribution in [0.2, 0.25) is 0 Å². The van der Waals surface area contributed by atoms with Gasteiger partial charge in [0.2, 0.25) is 0 Å². The lowest BCUT2D eigenvalue weighted by atomic mass is 10.2. The number of hydrogen-bond acceptors (Lipinski definition) is 3. The Morgan fingerprint density at radius 3 is 2.31 bits per heavy atom. The molecule has 0 radical (unpaired) electrons. The summed E-state index contributed by atoms with van der Waals surface area (Å²) in [6, 6.07) is 0.750. The van der Waals surface area contributed by atoms with Crippen molar-refractivity contribution in [1.82, 2.24) is 9.80 Å². The number of nitrogens with two attached hydrogens (primary N) is 1. The van der Waals surface area contributed by atoms with Crippen molar-refractivity contribution in [3.05, 3.63) is 0 Å². The number of rotatable bonds is 4. The lowest BCUT2D eigenvalue weighted by Crippen LogP contribution is -2.50. The van der Waals surface area contributed by atoms with E-state index in [4.69, 9.17) is 5.73 Å². The Labute approximate surface area is 81.9 Å². The van der Waals surface area contributed by atoms with Crippen molar-refractivity contribution in [2.24, 2.45) is 5.73 Å². The van der Waals surface area contributed by atoms with E-state index in [1.807, 2.05) is 0 Å². The van der Waals surface area contributed by atoms with Crippen molar-refractivity contribution in [3.63, 3.8) is 0 Å². The maximum atomic E-state index is 5.52. The third-order valence-electron chi connectivity index (χ3n) is 3.07. The molecule has 1 aliphatic heterocycles. The van der Waals surface area contributed by atoms with Crippen LogP contribution in [0.3, 0.4) is 0 Å². The zero-order valence-electron chi connectivity index (χ0n) is 9.00. The van der Waals surface area contributed by atoms with Crippen LogP contribution in [0.25, 0.3) is 0 Å². The van der Waals surface area contributed by atoms with Gasteiger partial charge in [-0.1, -0.05) is 6.92 Å². The second kappa shape index (κ2) is 5.58. The first kappa shape index (κ1) is 11.0. The molecule has 1 fully saturated rings. The van der Waals surface area contributed by atoms with Gasteiger partial charge in [-0.3, -0.25) is 9.80 Å². The first-order chi connectivity index (χ1) is 6.27. The van der Waals surface area contributed by atoms with Crippen molar-refractivity contribution in [2.45, 2.75) is 26.3 Å². The predicted octanol–water partition coefficient (Wildman–Crippen LogP) is 0.361. The SMILES string of the molecule is CCC(C)N1CCN(CCN)CC1. The molecule has 1 aliphatic rings. The standard InChI is InChI=1S/C10H23N3/c1-3-10(2)13-8-6-12(5-4-11)7-9-13/h10H,3-9,11H2,1-2H3. The van der Waals surface area contributed by atoms with Gasteiger partial charge in [0.25, 0.3) is 0 Å². The Balaban J connectivity index is 2.22. The molecule has 1 atom stereocenters. The second-order valence-electron chi connectivity index (χ2n) is 3.92. The van der Waals surface area contributed by atoms with Gasteiger partial charge >= 0.3 is 0 Å². The maximum absolute atomic E-state index is 5.52. The average molecular weight is 185 g/mol. The third kappa shape index (κ3) is 3.25. The summed E-state index contributed by atoms with van der Waals surface area (Å²) in [6.07, 6.45) is 1.26. The summed E-state index contributed by atoms with van der Waals surface area (Å²) < 4.78 is 0. The van der Waals surface area contributed by atoms with Crippen molar-refractivity contribution >= 4 is 0 Å². The molecule has 0 aromatic rings. The van der Waals surface area contributed by atoms with Crippen molar-refractivity contribution < 1.29 is 0 Å². The Morgan fingerprint density at radius 2 is 1.85 bits per heavy atom. The molecule has 2 N–H and O–H groups in total. The quantitative estimate of drug-likeness (QED) is 0.686. The molecule has 0 saturated carbocycles. The Hall–Kier alpha value is -0.120. The summed E-state index contributed by atoms with van der Waals surface area (Å²) >= 11 is 0. The predicted molar refractivity (Wildman–Crippen MR) is 56.8 cm³/mol. The van der Waals surface area contributed by atoms with Crippen molar-refractivity contribution in [2.75, 3.05) is 39.3 Å². The van der Waals surface area contributed by atoms with E-state index in [2.05, 4.69) is 23.6 Å². The molecule has 1 heterocycles. The Kier molecular flexibility index (Phi) is 4.70. The van der Waals surface area contributed by atoms with E-state index in [1.54, 1.807) is 0 Å². The first-order valence-corrected chi connectivity index (χ1v) is 5.44. The molecule has 3 nitrogen and oxygen atoms in total. The average Bonchev–Trinajstić information content (AvgIpc) is 2.18. The summed E-state index contributed by atoms with van der Waals surface area (Å²) in [5.41, 5.74) is 5.52. The molecule has 0 aromatic heterocycles. The highest BCUT2D eigenvalue weighted by Gasteiger charge is 2.18. The second-order valence-corrected chi connectivity index (χ2v) is 3.92. The molecule has 0 bridgehead atoms. The van der Waals surface area contributed by atoms with Gasteiger partial charge in [-0.15, -0.1) is 0 Å². The van der Waals surface area contributed by atoms with Crippen LogP contribution in [0.15, 0.2) is 0 Å². The van der Waals surface area contributed by atoms with Gasteiger partial charge < -0.3 is 5.73 Å². The van der Waals surface area contributed by atoms with Crippen LogP contribution in [0.1, 0.15) is 20.3 Å². The van der Waals surface area contributed by atoms with Crippen LogP contribution in [-0.4, -0.2) is 55.1 Å². The number of piperazine rings is 1. The van der Waals surface area contributed by atoms with Crippen molar-refractivity contribution in [1.29, 1.82) is 0 Å². The van der Waals surface area contributed by atoms with E-state index < -0.39 is 0 Å². The van der Waals surface area contributed by atoms with E-state index in [0.29, 0.717) is 0 Å². The first-order valence-electron chi connectivity index (χ1n) is 5.44. The van der Waals surface area contributed by atoms with Gasteiger partial charge in [-0.2, -0.15) is 0 Å². The largest absolute Gasteiger partial charge is 0.329 e. The zero-order chi connectivity index (χ0) is 9.68. The molecular weight excluding hydrogens is 162 g/mol.